The van der Waals surface area contributed by atoms with E-state index < -0.39 is 27.3 Å². The van der Waals surface area contributed by atoms with E-state index in [-0.39, 0.29) is 0 Å². The highest BCUT2D eigenvalue weighted by molar-refractivity contribution is 6.80. The van der Waals surface area contributed by atoms with Gasteiger partial charge in [-0.05, 0) is 44.9 Å². The molecule has 1 aliphatic carbocycles. The summed E-state index contributed by atoms with van der Waals surface area (Å²) in [5, 5.41) is 0. The number of rotatable bonds is 3. The second-order valence-corrected chi connectivity index (χ2v) is 12.8. The molecule has 0 aromatic heterocycles. The monoisotopic (exact) mass is 291 g/mol. The van der Waals surface area contributed by atoms with E-state index in [1.54, 1.807) is 0 Å². The molecule has 2 aliphatic rings. The van der Waals surface area contributed by atoms with Gasteiger partial charge in [0.05, 0.1) is 0 Å². The molecule has 1 aliphatic heterocycles. The molecule has 1 heterocycles. The van der Waals surface area contributed by atoms with Crippen LogP contribution in [0.15, 0.2) is 0 Å². The molecule has 2 rings (SSSR count). The second kappa shape index (κ2) is 6.09. The van der Waals surface area contributed by atoms with Crippen molar-refractivity contribution >= 4 is 27.3 Å². The predicted molar refractivity (Wildman–Crippen MR) is 75.5 cm³/mol. The summed E-state index contributed by atoms with van der Waals surface area (Å²) in [5.74, 6) is 0.831. The Bertz CT molecular complexity index is 241. The molecule has 0 aromatic carbocycles. The van der Waals surface area contributed by atoms with Crippen molar-refractivity contribution in [2.45, 2.75) is 51.7 Å². The molecule has 17 heavy (non-hydrogen) atoms. The van der Waals surface area contributed by atoms with Gasteiger partial charge >= 0.3 is 27.3 Å². The van der Waals surface area contributed by atoms with E-state index in [0.717, 1.165) is 12.5 Å². The summed E-state index contributed by atoms with van der Waals surface area (Å²) in [5.41, 5.74) is 0. The second-order valence-electron chi connectivity index (χ2n) is 5.34. The molecule has 0 spiro atoms. The van der Waals surface area contributed by atoms with Gasteiger partial charge in [-0.15, -0.1) is 0 Å². The van der Waals surface area contributed by atoms with Crippen molar-refractivity contribution < 1.29 is 12.3 Å². The molecule has 100 valence electrons. The van der Waals surface area contributed by atoms with Crippen LogP contribution in [0.2, 0.25) is 19.6 Å². The Balaban J connectivity index is 1.79. The summed E-state index contributed by atoms with van der Waals surface area (Å²) in [6.07, 6.45) is 6.94. The summed E-state index contributed by atoms with van der Waals surface area (Å²) in [6, 6.07) is 0. The van der Waals surface area contributed by atoms with Gasteiger partial charge in [0, 0.05) is 0 Å². The molecule has 0 radical (unpaired) electrons. The molecule has 0 aromatic rings. The Kier molecular flexibility index (Phi) is 4.98. The Labute approximate surface area is 109 Å². The van der Waals surface area contributed by atoms with Gasteiger partial charge in [-0.3, -0.25) is 4.98 Å². The third kappa shape index (κ3) is 4.27. The van der Waals surface area contributed by atoms with Crippen molar-refractivity contribution in [1.29, 1.82) is 0 Å². The van der Waals surface area contributed by atoms with E-state index in [1.165, 1.54) is 32.1 Å². The van der Waals surface area contributed by atoms with Crippen LogP contribution in [0.4, 0.5) is 0 Å². The number of hydrogen-bond donors (Lipinski definition) is 1. The van der Waals surface area contributed by atoms with Crippen LogP contribution in [-0.4, -0.2) is 33.8 Å². The summed E-state index contributed by atoms with van der Waals surface area (Å²) in [6.45, 7) is 7.44. The van der Waals surface area contributed by atoms with Gasteiger partial charge in [0.1, 0.15) is 0 Å². The smallest absolute Gasteiger partial charge is 0.403 e. The Morgan fingerprint density at radius 2 is 1.71 bits per heavy atom. The standard InChI is InChI=1S/C10H25NO3Si3/c1-15-12-16(2)14-17(3,13-15)11-9-10-7-5-4-6-8-10/h10-11,15-16H,4-9H2,1-3H3. The van der Waals surface area contributed by atoms with Crippen molar-refractivity contribution in [3.63, 3.8) is 0 Å². The highest BCUT2D eigenvalue weighted by Crippen LogP contribution is 2.24. The van der Waals surface area contributed by atoms with E-state index in [1.807, 2.05) is 0 Å². The lowest BCUT2D eigenvalue weighted by atomic mass is 9.90. The molecular formula is C10H25NO3Si3. The van der Waals surface area contributed by atoms with Crippen molar-refractivity contribution in [2.75, 3.05) is 6.54 Å². The molecule has 7 heteroatoms. The van der Waals surface area contributed by atoms with E-state index in [0.29, 0.717) is 0 Å². The Hall–Kier alpha value is 0.491. The molecule has 2 unspecified atom stereocenters. The van der Waals surface area contributed by atoms with E-state index in [4.69, 9.17) is 12.3 Å². The fraction of sp³-hybridized carbons (Fsp3) is 1.00. The van der Waals surface area contributed by atoms with Crippen LogP contribution in [0.3, 0.4) is 0 Å². The highest BCUT2D eigenvalue weighted by Gasteiger charge is 2.41. The van der Waals surface area contributed by atoms with E-state index >= 15 is 0 Å². The quantitative estimate of drug-likeness (QED) is 0.800. The molecule has 4 nitrogen and oxygen atoms in total. The van der Waals surface area contributed by atoms with Crippen LogP contribution < -0.4 is 4.98 Å². The zero-order chi connectivity index (χ0) is 12.3. The van der Waals surface area contributed by atoms with Crippen molar-refractivity contribution in [2.24, 2.45) is 5.92 Å². The lowest BCUT2D eigenvalue weighted by Gasteiger charge is -2.39. The van der Waals surface area contributed by atoms with Crippen LogP contribution in [0, 0.1) is 5.92 Å². The molecule has 0 bridgehead atoms. The van der Waals surface area contributed by atoms with E-state index in [9.17, 15) is 0 Å². The minimum Gasteiger partial charge on any atom is -0.420 e. The van der Waals surface area contributed by atoms with Crippen LogP contribution in [0.25, 0.3) is 0 Å². The van der Waals surface area contributed by atoms with Crippen LogP contribution in [0.5, 0.6) is 0 Å². The minimum atomic E-state index is -2.10. The molecule has 1 N–H and O–H groups in total. The number of hydrogen-bond acceptors (Lipinski definition) is 4. The third-order valence-electron chi connectivity index (χ3n) is 3.60. The lowest BCUT2D eigenvalue weighted by Crippen LogP contribution is -2.64. The first kappa shape index (κ1) is 13.9. The van der Waals surface area contributed by atoms with Gasteiger partial charge in [0.2, 0.25) is 0 Å². The topological polar surface area (TPSA) is 39.7 Å². The molecular weight excluding hydrogens is 266 g/mol. The van der Waals surface area contributed by atoms with Gasteiger partial charge in [0.25, 0.3) is 0 Å². The SMILES string of the molecule is C[SiH]1O[SiH](C)O[Si](C)(NCC2CCCCC2)O1. The zero-order valence-corrected chi connectivity index (χ0v) is 14.5. The Morgan fingerprint density at radius 1 is 1.12 bits per heavy atom. The maximum Gasteiger partial charge on any atom is 0.403 e. The normalized spacial score (nSPS) is 40.4. The summed E-state index contributed by atoms with van der Waals surface area (Å²) in [4.78, 5) is 3.61. The van der Waals surface area contributed by atoms with Crippen LogP contribution in [-0.2, 0) is 12.3 Å². The predicted octanol–water partition coefficient (Wildman–Crippen LogP) is 1.49. The van der Waals surface area contributed by atoms with Gasteiger partial charge < -0.3 is 12.3 Å². The first-order valence-electron chi connectivity index (χ1n) is 6.83. The van der Waals surface area contributed by atoms with Crippen LogP contribution >= 0.6 is 0 Å². The maximum absolute atomic E-state index is 5.99. The van der Waals surface area contributed by atoms with Gasteiger partial charge in [-0.2, -0.15) is 0 Å². The third-order valence-corrected chi connectivity index (χ3v) is 13.8. The largest absolute Gasteiger partial charge is 0.420 e. The first-order valence-corrected chi connectivity index (χ1v) is 13.3. The molecule has 2 fully saturated rings. The highest BCUT2D eigenvalue weighted by atomic mass is 28.5. The van der Waals surface area contributed by atoms with Crippen molar-refractivity contribution in [3.8, 4) is 0 Å². The maximum atomic E-state index is 5.99. The van der Waals surface area contributed by atoms with Gasteiger partial charge in [-0.25, -0.2) is 0 Å². The summed E-state index contributed by atoms with van der Waals surface area (Å²) in [7, 11) is -4.93. The lowest BCUT2D eigenvalue weighted by molar-refractivity contribution is 0.249. The molecule has 1 saturated heterocycles. The first-order chi connectivity index (χ1) is 8.07. The minimum absolute atomic E-state index is 0.831. The fourth-order valence-electron chi connectivity index (χ4n) is 2.79. The molecule has 0 amide bonds. The summed E-state index contributed by atoms with van der Waals surface area (Å²) >= 11 is 0. The van der Waals surface area contributed by atoms with Crippen molar-refractivity contribution in [1.82, 2.24) is 4.98 Å². The van der Waals surface area contributed by atoms with Crippen molar-refractivity contribution in [3.05, 3.63) is 0 Å². The zero-order valence-electron chi connectivity index (χ0n) is 11.2. The van der Waals surface area contributed by atoms with Gasteiger partial charge in [0.15, 0.2) is 0 Å². The average molecular weight is 292 g/mol. The average Bonchev–Trinajstić information content (AvgIpc) is 2.26. The fourth-order valence-corrected chi connectivity index (χ4v) is 13.5. The van der Waals surface area contributed by atoms with Gasteiger partial charge in [-0.1, -0.05) is 19.3 Å². The number of nitrogens with one attached hydrogen (secondary N) is 1. The Morgan fingerprint density at radius 3 is 2.29 bits per heavy atom. The van der Waals surface area contributed by atoms with Crippen LogP contribution in [0.1, 0.15) is 32.1 Å². The molecule has 1 saturated carbocycles. The summed E-state index contributed by atoms with van der Waals surface area (Å²) < 4.78 is 17.7. The molecule has 2 atom stereocenters. The van der Waals surface area contributed by atoms with E-state index in [2.05, 4.69) is 24.6 Å².